The van der Waals surface area contributed by atoms with E-state index in [9.17, 15) is 28.0 Å². The number of hydrogen-bond donors (Lipinski definition) is 1. The molecular formula is C36H48F2N4O7. The number of rotatable bonds is 15. The van der Waals surface area contributed by atoms with Crippen molar-refractivity contribution in [1.29, 1.82) is 0 Å². The lowest BCUT2D eigenvalue weighted by molar-refractivity contribution is 0.0492. The van der Waals surface area contributed by atoms with Crippen LogP contribution in [0.3, 0.4) is 0 Å². The average Bonchev–Trinajstić information content (AvgIpc) is 3.06. The maximum absolute atomic E-state index is 14.3. The molecule has 0 unspecified atom stereocenters. The molecule has 0 saturated heterocycles. The normalized spacial score (nSPS) is 18.5. The summed E-state index contributed by atoms with van der Waals surface area (Å²) in [6, 6.07) is 2.14. The Morgan fingerprint density at radius 1 is 1.04 bits per heavy atom. The first kappa shape index (κ1) is 37.5. The summed E-state index contributed by atoms with van der Waals surface area (Å²) in [6.45, 7) is 6.06. The summed E-state index contributed by atoms with van der Waals surface area (Å²) in [5.41, 5.74) is -0.990. The van der Waals surface area contributed by atoms with E-state index in [0.717, 1.165) is 25.3 Å². The summed E-state index contributed by atoms with van der Waals surface area (Å²) in [6.07, 6.45) is 11.9. The first-order chi connectivity index (χ1) is 23.6. The molecule has 1 aromatic heterocycles. The first-order valence-electron chi connectivity index (χ1n) is 17.4. The van der Waals surface area contributed by atoms with Gasteiger partial charge in [0.1, 0.15) is 23.8 Å². The second-order valence-corrected chi connectivity index (χ2v) is 12.9. The monoisotopic (exact) mass is 686 g/mol. The number of nitrogens with one attached hydrogen (secondary N) is 1. The zero-order chi connectivity index (χ0) is 35.3. The van der Waals surface area contributed by atoms with Crippen LogP contribution < -0.4 is 15.5 Å². The number of aromatic nitrogens is 1. The summed E-state index contributed by atoms with van der Waals surface area (Å²) in [5.74, 6) is -3.71. The summed E-state index contributed by atoms with van der Waals surface area (Å²) < 4.78 is 39.9. The Morgan fingerprint density at radius 2 is 1.73 bits per heavy atom. The number of carbonyl (C=O) groups excluding carboxylic acids is 3. The van der Waals surface area contributed by atoms with Gasteiger partial charge in [-0.05, 0) is 26.3 Å². The smallest absolute Gasteiger partial charge is 0.434 e. The Kier molecular flexibility index (Phi) is 14.1. The minimum atomic E-state index is -1.16. The molecule has 2 atom stereocenters. The van der Waals surface area contributed by atoms with Crippen molar-refractivity contribution in [1.82, 2.24) is 14.8 Å². The van der Waals surface area contributed by atoms with Crippen molar-refractivity contribution >= 4 is 23.7 Å². The number of nitrogens with zero attached hydrogens (tertiary/aromatic N) is 3. The van der Waals surface area contributed by atoms with Gasteiger partial charge in [0.25, 0.3) is 11.8 Å². The van der Waals surface area contributed by atoms with Gasteiger partial charge >= 0.3 is 6.16 Å². The van der Waals surface area contributed by atoms with Crippen LogP contribution in [0.2, 0.25) is 0 Å². The highest BCUT2D eigenvalue weighted by Gasteiger charge is 2.39. The Balaban J connectivity index is 1.54. The van der Waals surface area contributed by atoms with Gasteiger partial charge in [-0.25, -0.2) is 13.6 Å². The molecule has 0 aliphatic carbocycles. The van der Waals surface area contributed by atoms with E-state index in [2.05, 4.69) is 17.4 Å². The lowest BCUT2D eigenvalue weighted by Crippen LogP contribution is -2.50. The molecule has 2 amide bonds. The number of amides is 2. The standard InChI is InChI=1S/C36H48F2N4O7/c1-4-5-6-7-8-9-10-11-12-13-17-47-36(46)49-33-31-35(45)41-22-28(19-24(2)40-48-18-16-25(41)3)42(31)23-29(32(33)43)34(44)39-21-26-14-15-27(37)20-30(26)38/h14-15,20,23,25,28H,4-13,16-19,21-22H2,1-3H3,(H,39,44)/b40-24-/t25-,28-/m0/s1. The number of hydrogen-bond acceptors (Lipinski definition) is 8. The highest BCUT2D eigenvalue weighted by atomic mass is 19.1. The van der Waals surface area contributed by atoms with E-state index < -0.39 is 52.4 Å². The van der Waals surface area contributed by atoms with Gasteiger partial charge in [0.2, 0.25) is 11.2 Å². The molecule has 2 aromatic rings. The summed E-state index contributed by atoms with van der Waals surface area (Å²) in [7, 11) is 0. The van der Waals surface area contributed by atoms with Crippen molar-refractivity contribution in [2.24, 2.45) is 5.16 Å². The van der Waals surface area contributed by atoms with Crippen molar-refractivity contribution in [2.75, 3.05) is 19.8 Å². The van der Waals surface area contributed by atoms with Crippen LogP contribution in [0.1, 0.15) is 130 Å². The Labute approximate surface area is 286 Å². The highest BCUT2D eigenvalue weighted by Crippen LogP contribution is 2.32. The molecule has 2 aliphatic rings. The molecule has 49 heavy (non-hydrogen) atoms. The molecule has 2 bridgehead atoms. The fraction of sp³-hybridized carbons (Fsp3) is 0.583. The van der Waals surface area contributed by atoms with E-state index in [1.54, 1.807) is 11.8 Å². The third-order valence-corrected chi connectivity index (χ3v) is 8.97. The van der Waals surface area contributed by atoms with Crippen LogP contribution >= 0.6 is 0 Å². The van der Waals surface area contributed by atoms with Gasteiger partial charge < -0.3 is 29.1 Å². The molecule has 0 spiro atoms. The topological polar surface area (TPSA) is 129 Å². The van der Waals surface area contributed by atoms with E-state index in [-0.39, 0.29) is 43.6 Å². The fourth-order valence-electron chi connectivity index (χ4n) is 6.15. The van der Waals surface area contributed by atoms with Crippen molar-refractivity contribution in [3.8, 4) is 5.75 Å². The van der Waals surface area contributed by atoms with E-state index in [0.29, 0.717) is 31.0 Å². The number of unbranched alkanes of at least 4 members (excludes halogenated alkanes) is 9. The van der Waals surface area contributed by atoms with Crippen molar-refractivity contribution in [3.63, 3.8) is 0 Å². The third-order valence-electron chi connectivity index (χ3n) is 8.97. The number of pyridine rings is 1. The number of carbonyl (C=O) groups is 3. The van der Waals surface area contributed by atoms with E-state index in [1.165, 1.54) is 55.4 Å². The Bertz CT molecular complexity index is 1560. The van der Waals surface area contributed by atoms with Crippen LogP contribution in [0.15, 0.2) is 34.3 Å². The largest absolute Gasteiger partial charge is 0.514 e. The lowest BCUT2D eigenvalue weighted by atomic mass is 10.0. The second kappa shape index (κ2) is 18.5. The van der Waals surface area contributed by atoms with Gasteiger partial charge in [-0.15, -0.1) is 0 Å². The Morgan fingerprint density at radius 3 is 2.43 bits per heavy atom. The molecular weight excluding hydrogens is 638 g/mol. The first-order valence-corrected chi connectivity index (χ1v) is 17.4. The molecule has 4 rings (SSSR count). The van der Waals surface area contributed by atoms with Crippen molar-refractivity contribution < 1.29 is 37.5 Å². The average molecular weight is 687 g/mol. The SMILES string of the molecule is CCCCCCCCCCCCOC(=O)Oc1c2n(cc(C(=O)NCc3ccc(F)cc3F)c1=O)[C@H]1C/C(C)=N\OCC[C@H](C)N(C1)C2=O. The number of benzene rings is 1. The molecule has 13 heteroatoms. The molecule has 0 radical (unpaired) electrons. The lowest BCUT2D eigenvalue weighted by Gasteiger charge is -2.40. The predicted octanol–water partition coefficient (Wildman–Crippen LogP) is 7.06. The molecule has 2 aliphatic heterocycles. The third kappa shape index (κ3) is 10.4. The van der Waals surface area contributed by atoms with Gasteiger partial charge in [-0.1, -0.05) is 75.9 Å². The van der Waals surface area contributed by atoms with E-state index >= 15 is 0 Å². The second-order valence-electron chi connectivity index (χ2n) is 12.9. The van der Waals surface area contributed by atoms with Crippen LogP contribution in [0, 0.1) is 11.6 Å². The maximum atomic E-state index is 14.3. The summed E-state index contributed by atoms with van der Waals surface area (Å²) >= 11 is 0. The zero-order valence-electron chi connectivity index (χ0n) is 28.7. The molecule has 1 N–H and O–H groups in total. The molecule has 268 valence electrons. The van der Waals surface area contributed by atoms with Crippen LogP contribution in [0.5, 0.6) is 5.75 Å². The number of fused-ring (bicyclic) bond motifs is 4. The summed E-state index contributed by atoms with van der Waals surface area (Å²) in [5, 5.41) is 6.63. The van der Waals surface area contributed by atoms with Gasteiger partial charge in [0.05, 0.1) is 18.4 Å². The number of halogens is 2. The molecule has 0 fully saturated rings. The van der Waals surface area contributed by atoms with Crippen molar-refractivity contribution in [2.45, 2.75) is 116 Å². The zero-order valence-corrected chi connectivity index (χ0v) is 28.7. The maximum Gasteiger partial charge on any atom is 0.514 e. The minimum Gasteiger partial charge on any atom is -0.434 e. The summed E-state index contributed by atoms with van der Waals surface area (Å²) in [4.78, 5) is 61.1. The molecule has 11 nitrogen and oxygen atoms in total. The predicted molar refractivity (Wildman–Crippen MR) is 180 cm³/mol. The van der Waals surface area contributed by atoms with Crippen LogP contribution in [0.4, 0.5) is 13.6 Å². The number of oxime groups is 1. The van der Waals surface area contributed by atoms with Gasteiger partial charge in [0.15, 0.2) is 5.69 Å². The van der Waals surface area contributed by atoms with Gasteiger partial charge in [0, 0.05) is 49.8 Å². The van der Waals surface area contributed by atoms with E-state index in [1.807, 2.05) is 6.92 Å². The fourth-order valence-corrected chi connectivity index (χ4v) is 6.15. The Hall–Kier alpha value is -4.29. The molecule has 1 aromatic carbocycles. The number of ether oxygens (including phenoxy) is 2. The van der Waals surface area contributed by atoms with Gasteiger partial charge in [-0.3, -0.25) is 14.4 Å². The highest BCUT2D eigenvalue weighted by molar-refractivity contribution is 6.00. The van der Waals surface area contributed by atoms with Crippen molar-refractivity contribution in [3.05, 3.63) is 63.1 Å². The van der Waals surface area contributed by atoms with Crippen LogP contribution in [0.25, 0.3) is 0 Å². The quantitative estimate of drug-likeness (QED) is 0.157. The van der Waals surface area contributed by atoms with E-state index in [4.69, 9.17) is 14.3 Å². The van der Waals surface area contributed by atoms with Crippen LogP contribution in [-0.2, 0) is 16.1 Å². The molecule has 0 saturated carbocycles. The molecule has 3 heterocycles. The minimum absolute atomic E-state index is 0.00110. The van der Waals surface area contributed by atoms with Gasteiger partial charge in [-0.2, -0.15) is 0 Å². The van der Waals surface area contributed by atoms with Crippen LogP contribution in [-0.4, -0.2) is 58.9 Å².